The van der Waals surface area contributed by atoms with E-state index < -0.39 is 0 Å². The first-order chi connectivity index (χ1) is 12.2. The lowest BCUT2D eigenvalue weighted by Crippen LogP contribution is -2.29. The van der Waals surface area contributed by atoms with Crippen molar-refractivity contribution in [1.29, 1.82) is 0 Å². The molecule has 0 spiro atoms. The van der Waals surface area contributed by atoms with Gasteiger partial charge in [-0.25, -0.2) is 0 Å². The molecular weight excluding hydrogens is 330 g/mol. The van der Waals surface area contributed by atoms with E-state index in [1.54, 1.807) is 0 Å². The number of hydrogen-bond donors (Lipinski definition) is 3. The van der Waals surface area contributed by atoms with Crippen molar-refractivity contribution in [3.63, 3.8) is 0 Å². The molecule has 0 bridgehead atoms. The molecule has 1 aliphatic heterocycles. The van der Waals surface area contributed by atoms with Gasteiger partial charge >= 0.3 is 0 Å². The molecule has 0 amide bonds. The van der Waals surface area contributed by atoms with Crippen LogP contribution in [0.2, 0.25) is 0 Å². The summed E-state index contributed by atoms with van der Waals surface area (Å²) in [5.74, 6) is 0. The summed E-state index contributed by atoms with van der Waals surface area (Å²) in [6, 6.07) is 6.83. The molecule has 4 rings (SSSR count). The first kappa shape index (κ1) is 16.5. The quantitative estimate of drug-likeness (QED) is 0.585. The number of rotatable bonds is 3. The number of nitrogens with two attached hydrogens (primary N) is 1. The molecule has 132 valence electrons. The molecule has 2 heterocycles. The van der Waals surface area contributed by atoms with Crippen molar-refractivity contribution in [1.82, 2.24) is 15.3 Å². The Labute approximate surface area is 153 Å². The first-order valence-corrected chi connectivity index (χ1v) is 9.60. The van der Waals surface area contributed by atoms with Gasteiger partial charge in [0.2, 0.25) is 0 Å². The zero-order valence-corrected chi connectivity index (χ0v) is 15.3. The Bertz CT molecular complexity index is 817. The summed E-state index contributed by atoms with van der Waals surface area (Å²) in [5.41, 5.74) is 14.4. The Hall–Kier alpha value is -1.92. The molecule has 0 unspecified atom stereocenters. The fourth-order valence-electron chi connectivity index (χ4n) is 4.07. The molecule has 0 atom stereocenters. The number of benzene rings is 1. The van der Waals surface area contributed by atoms with Gasteiger partial charge in [0.15, 0.2) is 5.11 Å². The summed E-state index contributed by atoms with van der Waals surface area (Å²) in [4.78, 5) is 6.12. The highest BCUT2D eigenvalue weighted by atomic mass is 32.1. The summed E-state index contributed by atoms with van der Waals surface area (Å²) < 4.78 is 0. The second kappa shape index (κ2) is 7.14. The van der Waals surface area contributed by atoms with Gasteiger partial charge in [-0.2, -0.15) is 5.10 Å². The fraction of sp³-hybridized carbons (Fsp3) is 0.474. The van der Waals surface area contributed by atoms with Crippen molar-refractivity contribution in [2.24, 2.45) is 10.8 Å². The third kappa shape index (κ3) is 3.55. The topological polar surface area (TPSA) is 69.4 Å². The van der Waals surface area contributed by atoms with Crippen molar-refractivity contribution in [2.75, 3.05) is 13.1 Å². The molecule has 1 saturated heterocycles. The van der Waals surface area contributed by atoms with E-state index in [2.05, 4.69) is 38.6 Å². The zero-order chi connectivity index (χ0) is 17.2. The van der Waals surface area contributed by atoms with Crippen molar-refractivity contribution in [3.05, 3.63) is 35.0 Å². The third-order valence-electron chi connectivity index (χ3n) is 5.26. The molecule has 6 heteroatoms. The minimum atomic E-state index is 0.208. The Morgan fingerprint density at radius 3 is 2.84 bits per heavy atom. The summed E-state index contributed by atoms with van der Waals surface area (Å²) >= 11 is 4.87. The van der Waals surface area contributed by atoms with Gasteiger partial charge in [-0.05, 0) is 80.7 Å². The van der Waals surface area contributed by atoms with Crippen LogP contribution in [-0.4, -0.2) is 33.8 Å². The number of nitrogens with zero attached hydrogens (tertiary/aromatic N) is 2. The Morgan fingerprint density at radius 1 is 1.20 bits per heavy atom. The lowest BCUT2D eigenvalue weighted by Gasteiger charge is -2.26. The van der Waals surface area contributed by atoms with E-state index in [0.29, 0.717) is 0 Å². The molecule has 2 aromatic rings. The van der Waals surface area contributed by atoms with E-state index in [4.69, 9.17) is 18.0 Å². The van der Waals surface area contributed by atoms with Crippen molar-refractivity contribution < 1.29 is 0 Å². The molecule has 1 fully saturated rings. The van der Waals surface area contributed by atoms with Gasteiger partial charge in [0.25, 0.3) is 0 Å². The normalized spacial score (nSPS) is 19.9. The first-order valence-electron chi connectivity index (χ1n) is 9.19. The van der Waals surface area contributed by atoms with Crippen LogP contribution in [0.15, 0.2) is 23.3 Å². The number of hydrazone groups is 1. The molecular formula is C19H25N5S. The number of likely N-dealkylation sites (tertiary alicyclic amines) is 1. The maximum Gasteiger partial charge on any atom is 0.184 e. The molecule has 1 aromatic carbocycles. The van der Waals surface area contributed by atoms with Gasteiger partial charge in [0, 0.05) is 17.4 Å². The van der Waals surface area contributed by atoms with Crippen LogP contribution >= 0.6 is 12.2 Å². The van der Waals surface area contributed by atoms with E-state index in [9.17, 15) is 0 Å². The number of thiocarbonyl (C=S) groups is 1. The molecule has 4 N–H and O–H groups in total. The molecule has 2 aliphatic rings. The minimum absolute atomic E-state index is 0.208. The number of fused-ring (bicyclic) bond motifs is 3. The largest absolute Gasteiger partial charge is 0.375 e. The highest BCUT2D eigenvalue weighted by molar-refractivity contribution is 7.80. The van der Waals surface area contributed by atoms with Gasteiger partial charge in [-0.1, -0.05) is 12.5 Å². The van der Waals surface area contributed by atoms with Gasteiger partial charge in [0.05, 0.1) is 11.4 Å². The molecule has 1 aromatic heterocycles. The standard InChI is InChI=1S/C19H25N5S/c20-19(25)23-22-17-6-4-5-14-15-11-13(7-8-16(15)21-18(14)17)12-24-9-2-1-3-10-24/h7-8,11,21H,1-6,9-10,12H2,(H3,20,23,25)/b22-17-. The van der Waals surface area contributed by atoms with Gasteiger partial charge in [-0.15, -0.1) is 0 Å². The van der Waals surface area contributed by atoms with Crippen molar-refractivity contribution in [3.8, 4) is 0 Å². The number of aromatic amines is 1. The smallest absolute Gasteiger partial charge is 0.184 e. The molecule has 25 heavy (non-hydrogen) atoms. The Balaban J connectivity index is 1.64. The van der Waals surface area contributed by atoms with Gasteiger partial charge < -0.3 is 10.7 Å². The summed E-state index contributed by atoms with van der Waals surface area (Å²) in [5, 5.41) is 5.94. The van der Waals surface area contributed by atoms with Crippen LogP contribution in [0.3, 0.4) is 0 Å². The van der Waals surface area contributed by atoms with E-state index in [1.807, 2.05) is 0 Å². The highest BCUT2D eigenvalue weighted by Crippen LogP contribution is 2.30. The predicted octanol–water partition coefficient (Wildman–Crippen LogP) is 3.03. The highest BCUT2D eigenvalue weighted by Gasteiger charge is 2.21. The summed E-state index contributed by atoms with van der Waals surface area (Å²) in [6.45, 7) is 3.51. The lowest BCUT2D eigenvalue weighted by atomic mass is 9.93. The number of H-pyrrole nitrogens is 1. The van der Waals surface area contributed by atoms with Crippen LogP contribution in [0.4, 0.5) is 0 Å². The van der Waals surface area contributed by atoms with Gasteiger partial charge in [0.1, 0.15) is 0 Å². The molecule has 0 radical (unpaired) electrons. The van der Waals surface area contributed by atoms with Crippen LogP contribution in [-0.2, 0) is 13.0 Å². The Kier molecular flexibility index (Phi) is 4.72. The number of piperidine rings is 1. The molecule has 5 nitrogen and oxygen atoms in total. The summed E-state index contributed by atoms with van der Waals surface area (Å²) in [7, 11) is 0. The lowest BCUT2D eigenvalue weighted by molar-refractivity contribution is 0.221. The number of aromatic nitrogens is 1. The SMILES string of the molecule is NC(=S)N/N=C1/CCCc2c1[nH]c1ccc(CN3CCCCC3)cc21. The number of aryl methyl sites for hydroxylation is 1. The minimum Gasteiger partial charge on any atom is -0.375 e. The summed E-state index contributed by atoms with van der Waals surface area (Å²) in [6.07, 6.45) is 7.18. The van der Waals surface area contributed by atoms with Crippen molar-refractivity contribution >= 4 is 33.9 Å². The zero-order valence-electron chi connectivity index (χ0n) is 14.5. The van der Waals surface area contributed by atoms with Crippen LogP contribution in [0.25, 0.3) is 10.9 Å². The van der Waals surface area contributed by atoms with Crippen molar-refractivity contribution in [2.45, 2.75) is 45.1 Å². The second-order valence-electron chi connectivity index (χ2n) is 7.08. The Morgan fingerprint density at radius 2 is 2.04 bits per heavy atom. The average Bonchev–Trinajstić information content (AvgIpc) is 2.99. The van der Waals surface area contributed by atoms with E-state index in [0.717, 1.165) is 37.2 Å². The van der Waals surface area contributed by atoms with Crippen LogP contribution < -0.4 is 11.2 Å². The molecule has 0 saturated carbocycles. The second-order valence-corrected chi connectivity index (χ2v) is 7.52. The monoisotopic (exact) mass is 355 g/mol. The predicted molar refractivity (Wildman–Crippen MR) is 107 cm³/mol. The van der Waals surface area contributed by atoms with E-state index in [-0.39, 0.29) is 5.11 Å². The number of hydrogen-bond acceptors (Lipinski definition) is 3. The van der Waals surface area contributed by atoms with E-state index in [1.165, 1.54) is 54.4 Å². The average molecular weight is 356 g/mol. The fourth-order valence-corrected chi connectivity index (χ4v) is 4.11. The van der Waals surface area contributed by atoms with Crippen LogP contribution in [0, 0.1) is 0 Å². The van der Waals surface area contributed by atoms with Gasteiger partial charge in [-0.3, -0.25) is 10.3 Å². The van der Waals surface area contributed by atoms with Crippen LogP contribution in [0.1, 0.15) is 48.9 Å². The third-order valence-corrected chi connectivity index (χ3v) is 5.35. The molecule has 1 aliphatic carbocycles. The number of nitrogens with one attached hydrogen (secondary N) is 2. The maximum atomic E-state index is 5.51. The maximum absolute atomic E-state index is 5.51. The van der Waals surface area contributed by atoms with Crippen LogP contribution in [0.5, 0.6) is 0 Å². The van der Waals surface area contributed by atoms with E-state index >= 15 is 0 Å².